The molecule has 0 radical (unpaired) electrons. The third-order valence-corrected chi connectivity index (χ3v) is 7.59. The molecule has 4 rings (SSSR count). The van der Waals surface area contributed by atoms with Crippen LogP contribution in [-0.4, -0.2) is 28.2 Å². The summed E-state index contributed by atoms with van der Waals surface area (Å²) in [5, 5.41) is 10.6. The minimum absolute atomic E-state index is 0.267. The highest BCUT2D eigenvalue weighted by molar-refractivity contribution is 8.18. The molecule has 0 bridgehead atoms. The van der Waals surface area contributed by atoms with E-state index in [-0.39, 0.29) is 5.97 Å². The second-order valence-corrected chi connectivity index (χ2v) is 10.7. The van der Waals surface area contributed by atoms with E-state index in [2.05, 4.69) is 5.32 Å². The van der Waals surface area contributed by atoms with E-state index in [1.54, 1.807) is 24.3 Å². The number of hydrogen-bond donors (Lipinski definition) is 2. The van der Waals surface area contributed by atoms with Gasteiger partial charge in [-0.1, -0.05) is 56.2 Å². The van der Waals surface area contributed by atoms with Gasteiger partial charge in [-0.2, -0.15) is 0 Å². The molecule has 0 aromatic heterocycles. The van der Waals surface area contributed by atoms with E-state index in [1.165, 1.54) is 38.5 Å². The molecule has 3 aliphatic rings. The SMILES string of the molecule is O=C(CC1CCCCC1)Oc1ccc(/C=C2\SC(=O)NC2=O)cc1Cl.O=C(O)CC1CCCCC1. The van der Waals surface area contributed by atoms with E-state index in [1.807, 2.05) is 0 Å². The second kappa shape index (κ2) is 13.7. The quantitative estimate of drug-likeness (QED) is 0.247. The number of thioether (sulfide) groups is 1. The second-order valence-electron chi connectivity index (χ2n) is 9.33. The summed E-state index contributed by atoms with van der Waals surface area (Å²) in [6.45, 7) is 0. The van der Waals surface area contributed by atoms with Gasteiger partial charge in [0.05, 0.1) is 9.93 Å². The molecule has 0 unspecified atom stereocenters. The minimum Gasteiger partial charge on any atom is -0.481 e. The zero-order chi connectivity index (χ0) is 25.2. The predicted molar refractivity (Wildman–Crippen MR) is 136 cm³/mol. The monoisotopic (exact) mass is 521 g/mol. The van der Waals surface area contributed by atoms with Gasteiger partial charge in [-0.25, -0.2) is 0 Å². The first-order chi connectivity index (χ1) is 16.8. The number of carbonyl (C=O) groups excluding carboxylic acids is 3. The summed E-state index contributed by atoms with van der Waals surface area (Å²) in [6.07, 6.45) is 14.2. The van der Waals surface area contributed by atoms with Gasteiger partial charge in [-0.05, 0) is 73.1 Å². The Bertz CT molecular complexity index is 967. The Hall–Kier alpha value is -2.32. The van der Waals surface area contributed by atoms with Crippen molar-refractivity contribution in [2.24, 2.45) is 11.8 Å². The maximum absolute atomic E-state index is 12.1. The van der Waals surface area contributed by atoms with Gasteiger partial charge in [0, 0.05) is 12.8 Å². The van der Waals surface area contributed by atoms with Crippen LogP contribution in [0.5, 0.6) is 5.75 Å². The summed E-state index contributed by atoms with van der Waals surface area (Å²) < 4.78 is 5.38. The number of halogens is 1. The number of aliphatic carboxylic acids is 1. The molecular formula is C26H32ClNO6S. The number of nitrogens with one attached hydrogen (secondary N) is 1. The van der Waals surface area contributed by atoms with Crippen LogP contribution in [0.2, 0.25) is 5.02 Å². The predicted octanol–water partition coefficient (Wildman–Crippen LogP) is 6.58. The number of carboxylic acid groups (broad SMARTS) is 1. The van der Waals surface area contributed by atoms with E-state index in [0.29, 0.717) is 45.9 Å². The molecule has 35 heavy (non-hydrogen) atoms. The van der Waals surface area contributed by atoms with Crippen molar-refractivity contribution >= 4 is 52.5 Å². The van der Waals surface area contributed by atoms with Crippen molar-refractivity contribution in [1.82, 2.24) is 5.32 Å². The highest BCUT2D eigenvalue weighted by Gasteiger charge is 2.25. The molecule has 1 heterocycles. The van der Waals surface area contributed by atoms with Crippen LogP contribution < -0.4 is 10.1 Å². The fourth-order valence-corrected chi connectivity index (χ4v) is 5.60. The average Bonchev–Trinajstić information content (AvgIpc) is 3.13. The summed E-state index contributed by atoms with van der Waals surface area (Å²) in [7, 11) is 0. The molecule has 2 aliphatic carbocycles. The molecule has 9 heteroatoms. The van der Waals surface area contributed by atoms with E-state index in [4.69, 9.17) is 21.4 Å². The molecule has 1 aromatic carbocycles. The molecule has 1 saturated heterocycles. The maximum atomic E-state index is 12.1. The van der Waals surface area contributed by atoms with Gasteiger partial charge in [0.25, 0.3) is 11.1 Å². The van der Waals surface area contributed by atoms with Crippen molar-refractivity contribution in [2.75, 3.05) is 0 Å². The van der Waals surface area contributed by atoms with Crippen LogP contribution in [0.3, 0.4) is 0 Å². The lowest BCUT2D eigenvalue weighted by molar-refractivity contribution is -0.138. The lowest BCUT2D eigenvalue weighted by Crippen LogP contribution is -2.17. The van der Waals surface area contributed by atoms with Crippen molar-refractivity contribution in [3.8, 4) is 5.75 Å². The van der Waals surface area contributed by atoms with Gasteiger partial charge >= 0.3 is 11.9 Å². The molecule has 0 atom stereocenters. The summed E-state index contributed by atoms with van der Waals surface area (Å²) in [6, 6.07) is 4.90. The molecule has 2 N–H and O–H groups in total. The standard InChI is InChI=1S/C18H18ClNO4S.C8H14O2/c19-13-8-12(9-15-17(22)20-18(23)25-15)6-7-14(13)24-16(21)10-11-4-2-1-3-5-11;9-8(10)6-7-4-2-1-3-5-7/h6-9,11H,1-5,10H2,(H,20,22,23);7H,1-6H2,(H,9,10)/b15-9-;. The van der Waals surface area contributed by atoms with Crippen LogP contribution in [0.1, 0.15) is 82.6 Å². The highest BCUT2D eigenvalue weighted by Crippen LogP contribution is 2.31. The Balaban J connectivity index is 0.000000287. The first-order valence-electron chi connectivity index (χ1n) is 12.3. The molecule has 2 amide bonds. The van der Waals surface area contributed by atoms with Crippen molar-refractivity contribution in [2.45, 2.75) is 77.0 Å². The first-order valence-corrected chi connectivity index (χ1v) is 13.5. The highest BCUT2D eigenvalue weighted by atomic mass is 35.5. The molecule has 190 valence electrons. The number of esters is 1. The zero-order valence-corrected chi connectivity index (χ0v) is 21.3. The Morgan fingerprint density at radius 3 is 2.11 bits per heavy atom. The number of rotatable bonds is 6. The van der Waals surface area contributed by atoms with Crippen molar-refractivity contribution in [3.63, 3.8) is 0 Å². The van der Waals surface area contributed by atoms with Gasteiger partial charge in [0.15, 0.2) is 0 Å². The fourth-order valence-electron chi connectivity index (χ4n) is 4.69. The van der Waals surface area contributed by atoms with Gasteiger partial charge in [-0.3, -0.25) is 24.5 Å². The van der Waals surface area contributed by atoms with Crippen LogP contribution in [-0.2, 0) is 14.4 Å². The summed E-state index contributed by atoms with van der Waals surface area (Å²) in [4.78, 5) is 45.4. The summed E-state index contributed by atoms with van der Waals surface area (Å²) in [5.41, 5.74) is 0.657. The third kappa shape index (κ3) is 9.33. The van der Waals surface area contributed by atoms with Gasteiger partial charge in [0.2, 0.25) is 0 Å². The number of amides is 2. The van der Waals surface area contributed by atoms with Crippen LogP contribution >= 0.6 is 23.4 Å². The Kier molecular flexibility index (Phi) is 10.7. The maximum Gasteiger partial charge on any atom is 0.311 e. The summed E-state index contributed by atoms with van der Waals surface area (Å²) >= 11 is 7.03. The van der Waals surface area contributed by atoms with Gasteiger partial charge in [-0.15, -0.1) is 0 Å². The lowest BCUT2D eigenvalue weighted by Gasteiger charge is -2.20. The average molecular weight is 522 g/mol. The van der Waals surface area contributed by atoms with Crippen LogP contribution in [0.4, 0.5) is 4.79 Å². The van der Waals surface area contributed by atoms with Crippen molar-refractivity contribution in [3.05, 3.63) is 33.7 Å². The molecule has 0 spiro atoms. The number of benzene rings is 1. The Labute approximate surface area is 215 Å². The van der Waals surface area contributed by atoms with E-state index in [0.717, 1.165) is 37.4 Å². The molecule has 7 nitrogen and oxygen atoms in total. The Morgan fingerprint density at radius 1 is 1.00 bits per heavy atom. The minimum atomic E-state index is -0.632. The summed E-state index contributed by atoms with van der Waals surface area (Å²) in [5.74, 6) is -0.132. The van der Waals surface area contributed by atoms with Gasteiger partial charge in [0.1, 0.15) is 5.75 Å². The molecular weight excluding hydrogens is 490 g/mol. The van der Waals surface area contributed by atoms with Crippen LogP contribution in [0, 0.1) is 11.8 Å². The van der Waals surface area contributed by atoms with E-state index < -0.39 is 17.1 Å². The lowest BCUT2D eigenvalue weighted by atomic mass is 9.87. The number of hydrogen-bond acceptors (Lipinski definition) is 6. The third-order valence-electron chi connectivity index (χ3n) is 6.49. The van der Waals surface area contributed by atoms with E-state index in [9.17, 15) is 19.2 Å². The molecule has 1 aromatic rings. The first kappa shape index (κ1) is 27.3. The van der Waals surface area contributed by atoms with Gasteiger partial charge < -0.3 is 9.84 Å². The Morgan fingerprint density at radius 2 is 1.60 bits per heavy atom. The number of carbonyl (C=O) groups is 4. The zero-order valence-electron chi connectivity index (χ0n) is 19.7. The smallest absolute Gasteiger partial charge is 0.311 e. The van der Waals surface area contributed by atoms with Crippen molar-refractivity contribution < 1.29 is 29.0 Å². The number of carboxylic acids is 1. The molecule has 3 fully saturated rings. The van der Waals surface area contributed by atoms with E-state index >= 15 is 0 Å². The van der Waals surface area contributed by atoms with Crippen LogP contribution in [0.25, 0.3) is 6.08 Å². The number of ether oxygens (including phenoxy) is 1. The topological polar surface area (TPSA) is 110 Å². The number of imide groups is 1. The van der Waals surface area contributed by atoms with Crippen molar-refractivity contribution in [1.29, 1.82) is 0 Å². The largest absolute Gasteiger partial charge is 0.481 e. The van der Waals surface area contributed by atoms with Crippen LogP contribution in [0.15, 0.2) is 23.1 Å². The normalized spacial score (nSPS) is 20.2. The fraction of sp³-hybridized carbons (Fsp3) is 0.538. The molecule has 2 saturated carbocycles. The molecule has 1 aliphatic heterocycles.